The Bertz CT molecular complexity index is 301. The first-order valence-corrected chi connectivity index (χ1v) is 5.00. The van der Waals surface area contributed by atoms with Crippen LogP contribution in [0.3, 0.4) is 0 Å². The molecule has 1 rings (SSSR count). The molecule has 0 radical (unpaired) electrons. The molecule has 4 heteroatoms. The van der Waals surface area contributed by atoms with Crippen LogP contribution in [-0.4, -0.2) is 23.4 Å². The monoisotopic (exact) mass is 243 g/mol. The minimum Gasteiger partial charge on any atom is -0.464 e. The van der Waals surface area contributed by atoms with Gasteiger partial charge < -0.3 is 4.74 Å². The van der Waals surface area contributed by atoms with Crippen LogP contribution in [0.1, 0.15) is 16.2 Å². The average molecular weight is 244 g/mol. The Balaban J connectivity index is 2.85. The van der Waals surface area contributed by atoms with Crippen LogP contribution in [0, 0.1) is 0 Å². The van der Waals surface area contributed by atoms with E-state index in [1.54, 1.807) is 12.1 Å². The molecular weight excluding hydrogens is 234 g/mol. The molecule has 70 valence electrons. The summed E-state index contributed by atoms with van der Waals surface area (Å²) in [4.78, 5) is 15.2. The Morgan fingerprint density at radius 3 is 3.00 bits per heavy atom. The first kappa shape index (κ1) is 10.2. The molecule has 0 unspecified atom stereocenters. The van der Waals surface area contributed by atoms with Gasteiger partial charge in [-0.3, -0.25) is 0 Å². The molecule has 1 aromatic rings. The van der Waals surface area contributed by atoms with Crippen molar-refractivity contribution < 1.29 is 9.53 Å². The topological polar surface area (TPSA) is 39.2 Å². The van der Waals surface area contributed by atoms with Gasteiger partial charge in [0.15, 0.2) is 0 Å². The number of halogens is 1. The largest absolute Gasteiger partial charge is 0.464 e. The van der Waals surface area contributed by atoms with E-state index in [1.807, 2.05) is 6.07 Å². The zero-order valence-electron chi connectivity index (χ0n) is 7.29. The quantitative estimate of drug-likeness (QED) is 0.601. The number of aryl methyl sites for hydroxylation is 1. The summed E-state index contributed by atoms with van der Waals surface area (Å²) in [6, 6.07) is 5.33. The highest BCUT2D eigenvalue weighted by Crippen LogP contribution is 2.02. The molecule has 1 heterocycles. The van der Waals surface area contributed by atoms with Crippen molar-refractivity contribution in [3.63, 3.8) is 0 Å². The molecule has 0 amide bonds. The van der Waals surface area contributed by atoms with E-state index in [1.165, 1.54) is 7.11 Å². The van der Waals surface area contributed by atoms with Crippen LogP contribution in [0.4, 0.5) is 0 Å². The van der Waals surface area contributed by atoms with Crippen LogP contribution in [0.2, 0.25) is 0 Å². The van der Waals surface area contributed by atoms with Gasteiger partial charge in [-0.1, -0.05) is 22.0 Å². The maximum atomic E-state index is 11.1. The maximum Gasteiger partial charge on any atom is 0.356 e. The Hall–Kier alpha value is -0.900. The fourth-order valence-electron chi connectivity index (χ4n) is 0.934. The van der Waals surface area contributed by atoms with E-state index in [0.717, 1.165) is 17.4 Å². The first-order chi connectivity index (χ1) is 6.27. The molecule has 3 nitrogen and oxygen atoms in total. The summed E-state index contributed by atoms with van der Waals surface area (Å²) < 4.78 is 4.56. The van der Waals surface area contributed by atoms with Crippen LogP contribution in [-0.2, 0) is 11.2 Å². The SMILES string of the molecule is COC(=O)c1cccc(CCBr)n1. The predicted molar refractivity (Wildman–Crippen MR) is 53.1 cm³/mol. The summed E-state index contributed by atoms with van der Waals surface area (Å²) in [5, 5.41) is 0.838. The molecule has 0 saturated carbocycles. The number of hydrogen-bond acceptors (Lipinski definition) is 3. The van der Waals surface area contributed by atoms with E-state index in [2.05, 4.69) is 25.7 Å². The highest BCUT2D eigenvalue weighted by atomic mass is 79.9. The summed E-state index contributed by atoms with van der Waals surface area (Å²) in [6.45, 7) is 0. The van der Waals surface area contributed by atoms with E-state index in [4.69, 9.17) is 0 Å². The average Bonchev–Trinajstić information content (AvgIpc) is 2.18. The minimum absolute atomic E-state index is 0.362. The van der Waals surface area contributed by atoms with E-state index >= 15 is 0 Å². The lowest BCUT2D eigenvalue weighted by Crippen LogP contribution is -2.05. The van der Waals surface area contributed by atoms with Gasteiger partial charge in [0, 0.05) is 11.0 Å². The number of aromatic nitrogens is 1. The molecule has 0 fully saturated rings. The second-order valence-corrected chi connectivity index (χ2v) is 3.24. The summed E-state index contributed by atoms with van der Waals surface area (Å²) in [7, 11) is 1.35. The van der Waals surface area contributed by atoms with Crippen LogP contribution in [0.15, 0.2) is 18.2 Å². The van der Waals surface area contributed by atoms with Crippen LogP contribution in [0.5, 0.6) is 0 Å². The highest BCUT2D eigenvalue weighted by Gasteiger charge is 2.06. The zero-order chi connectivity index (χ0) is 9.68. The molecule has 0 spiro atoms. The molecule has 0 aliphatic carbocycles. The smallest absolute Gasteiger partial charge is 0.356 e. The van der Waals surface area contributed by atoms with Gasteiger partial charge in [-0.15, -0.1) is 0 Å². The Kier molecular flexibility index (Phi) is 3.89. The van der Waals surface area contributed by atoms with Gasteiger partial charge in [-0.25, -0.2) is 9.78 Å². The number of carbonyl (C=O) groups is 1. The van der Waals surface area contributed by atoms with Gasteiger partial charge in [0.1, 0.15) is 5.69 Å². The highest BCUT2D eigenvalue weighted by molar-refractivity contribution is 9.09. The molecule has 0 aliphatic rings. The molecule has 0 atom stereocenters. The molecule has 0 aromatic carbocycles. The molecule has 13 heavy (non-hydrogen) atoms. The Morgan fingerprint density at radius 2 is 2.38 bits per heavy atom. The second-order valence-electron chi connectivity index (χ2n) is 2.44. The third-order valence-corrected chi connectivity index (χ3v) is 1.95. The van der Waals surface area contributed by atoms with Crippen molar-refractivity contribution >= 4 is 21.9 Å². The van der Waals surface area contributed by atoms with E-state index in [-0.39, 0.29) is 0 Å². The lowest BCUT2D eigenvalue weighted by Gasteiger charge is -2.00. The van der Waals surface area contributed by atoms with E-state index in [9.17, 15) is 4.79 Å². The standard InChI is InChI=1S/C9H10BrNO2/c1-13-9(12)8-4-2-3-7(11-8)5-6-10/h2-4H,5-6H2,1H3. The summed E-state index contributed by atoms with van der Waals surface area (Å²) in [5.74, 6) is -0.392. The van der Waals surface area contributed by atoms with Gasteiger partial charge in [-0.2, -0.15) is 0 Å². The van der Waals surface area contributed by atoms with Crippen molar-refractivity contribution in [1.29, 1.82) is 0 Å². The second kappa shape index (κ2) is 4.97. The van der Waals surface area contributed by atoms with Gasteiger partial charge in [0.2, 0.25) is 0 Å². The number of methoxy groups -OCH3 is 1. The number of ether oxygens (including phenoxy) is 1. The summed E-state index contributed by atoms with van der Waals surface area (Å²) in [5.41, 5.74) is 1.25. The first-order valence-electron chi connectivity index (χ1n) is 3.88. The molecule has 0 bridgehead atoms. The van der Waals surface area contributed by atoms with Gasteiger partial charge in [0.25, 0.3) is 0 Å². The van der Waals surface area contributed by atoms with Crippen molar-refractivity contribution in [2.75, 3.05) is 12.4 Å². The fraction of sp³-hybridized carbons (Fsp3) is 0.333. The molecule has 0 saturated heterocycles. The lowest BCUT2D eigenvalue weighted by molar-refractivity contribution is 0.0593. The number of rotatable bonds is 3. The van der Waals surface area contributed by atoms with E-state index in [0.29, 0.717) is 5.69 Å². The minimum atomic E-state index is -0.392. The van der Waals surface area contributed by atoms with Crippen LogP contribution in [0.25, 0.3) is 0 Å². The normalized spacial score (nSPS) is 9.69. The number of carbonyl (C=O) groups excluding carboxylic acids is 1. The zero-order valence-corrected chi connectivity index (χ0v) is 8.87. The number of nitrogens with zero attached hydrogens (tertiary/aromatic N) is 1. The van der Waals surface area contributed by atoms with Gasteiger partial charge >= 0.3 is 5.97 Å². The van der Waals surface area contributed by atoms with Crippen LogP contribution < -0.4 is 0 Å². The van der Waals surface area contributed by atoms with Gasteiger partial charge in [0.05, 0.1) is 7.11 Å². The molecular formula is C9H10BrNO2. The maximum absolute atomic E-state index is 11.1. The number of alkyl halides is 1. The third kappa shape index (κ3) is 2.81. The fourth-order valence-corrected chi connectivity index (χ4v) is 1.34. The Labute approximate surface area is 85.3 Å². The Morgan fingerprint density at radius 1 is 1.62 bits per heavy atom. The molecule has 0 N–H and O–H groups in total. The predicted octanol–water partition coefficient (Wildman–Crippen LogP) is 1.81. The van der Waals surface area contributed by atoms with Crippen molar-refractivity contribution in [2.24, 2.45) is 0 Å². The van der Waals surface area contributed by atoms with Gasteiger partial charge in [-0.05, 0) is 18.6 Å². The van der Waals surface area contributed by atoms with E-state index < -0.39 is 5.97 Å². The van der Waals surface area contributed by atoms with Crippen LogP contribution >= 0.6 is 15.9 Å². The van der Waals surface area contributed by atoms with Crippen molar-refractivity contribution in [3.05, 3.63) is 29.6 Å². The molecule has 1 aromatic heterocycles. The van der Waals surface area contributed by atoms with Crippen molar-refractivity contribution in [1.82, 2.24) is 4.98 Å². The number of hydrogen-bond donors (Lipinski definition) is 0. The third-order valence-electron chi connectivity index (χ3n) is 1.55. The number of pyridine rings is 1. The summed E-state index contributed by atoms with van der Waals surface area (Å²) in [6.07, 6.45) is 0.810. The summed E-state index contributed by atoms with van der Waals surface area (Å²) >= 11 is 3.31. The number of esters is 1. The molecule has 0 aliphatic heterocycles. The van der Waals surface area contributed by atoms with Crippen molar-refractivity contribution in [3.8, 4) is 0 Å². The lowest BCUT2D eigenvalue weighted by atomic mass is 10.2. The van der Waals surface area contributed by atoms with Crippen molar-refractivity contribution in [2.45, 2.75) is 6.42 Å².